The van der Waals surface area contributed by atoms with Crippen LogP contribution in [0, 0.1) is 0 Å². The van der Waals surface area contributed by atoms with Gasteiger partial charge >= 0.3 is 6.61 Å². The number of anilines is 1. The van der Waals surface area contributed by atoms with Crippen molar-refractivity contribution in [1.29, 1.82) is 0 Å². The van der Waals surface area contributed by atoms with Crippen LogP contribution in [0.3, 0.4) is 0 Å². The van der Waals surface area contributed by atoms with Gasteiger partial charge in [0.2, 0.25) is 0 Å². The first-order valence-corrected chi connectivity index (χ1v) is 7.25. The first kappa shape index (κ1) is 16.0. The maximum Gasteiger partial charge on any atom is 0.387 e. The molecule has 0 saturated carbocycles. The molecule has 0 aliphatic carbocycles. The maximum absolute atomic E-state index is 12.4. The number of hydrogen-bond acceptors (Lipinski definition) is 4. The minimum atomic E-state index is -2.99. The summed E-state index contributed by atoms with van der Waals surface area (Å²) in [5.41, 5.74) is 1.27. The number of methoxy groups -OCH3 is 1. The van der Waals surface area contributed by atoms with Crippen LogP contribution in [-0.4, -0.2) is 25.7 Å². The Balaban J connectivity index is 1.71. The van der Waals surface area contributed by atoms with Gasteiger partial charge in [-0.25, -0.2) is 0 Å². The molecular weight excluding hydrogens is 320 g/mol. The van der Waals surface area contributed by atoms with Crippen molar-refractivity contribution >= 4 is 11.6 Å². The van der Waals surface area contributed by atoms with Crippen LogP contribution in [0.25, 0.3) is 0 Å². The van der Waals surface area contributed by atoms with E-state index in [0.717, 1.165) is 5.56 Å². The second-order valence-corrected chi connectivity index (χ2v) is 5.15. The number of carbonyl (C=O) groups excluding carboxylic acids is 1. The van der Waals surface area contributed by atoms with E-state index in [1.165, 1.54) is 25.3 Å². The second kappa shape index (κ2) is 6.74. The van der Waals surface area contributed by atoms with Gasteiger partial charge in [0, 0.05) is 18.2 Å². The summed E-state index contributed by atoms with van der Waals surface area (Å²) in [6.45, 7) is -2.99. The Morgan fingerprint density at radius 2 is 2.04 bits per heavy atom. The second-order valence-electron chi connectivity index (χ2n) is 5.15. The third-order valence-electron chi connectivity index (χ3n) is 3.59. The zero-order valence-electron chi connectivity index (χ0n) is 12.8. The van der Waals surface area contributed by atoms with E-state index in [1.54, 1.807) is 6.07 Å². The predicted octanol–water partition coefficient (Wildman–Crippen LogP) is 3.24. The normalized spacial score (nSPS) is 15.6. The molecule has 0 fully saturated rings. The van der Waals surface area contributed by atoms with Crippen LogP contribution >= 0.6 is 0 Å². The Morgan fingerprint density at radius 1 is 1.25 bits per heavy atom. The van der Waals surface area contributed by atoms with Crippen LogP contribution in [-0.2, 0) is 11.2 Å². The SMILES string of the molecule is COc1ccc(NC(=O)[C@@H]2Cc3ccccc3O2)cc1OC(F)F. The van der Waals surface area contributed by atoms with E-state index in [4.69, 9.17) is 9.47 Å². The molecular formula is C17H15F2NO4. The van der Waals surface area contributed by atoms with E-state index in [1.807, 2.05) is 18.2 Å². The summed E-state index contributed by atoms with van der Waals surface area (Å²) in [7, 11) is 1.34. The summed E-state index contributed by atoms with van der Waals surface area (Å²) in [4.78, 5) is 12.3. The molecule has 2 aromatic rings. The summed E-state index contributed by atoms with van der Waals surface area (Å²) >= 11 is 0. The molecule has 1 aliphatic heterocycles. The van der Waals surface area contributed by atoms with Gasteiger partial charge in [-0.3, -0.25) is 4.79 Å². The lowest BCUT2D eigenvalue weighted by Gasteiger charge is -2.14. The topological polar surface area (TPSA) is 56.8 Å². The summed E-state index contributed by atoms with van der Waals surface area (Å²) in [5, 5.41) is 2.64. The van der Waals surface area contributed by atoms with Crippen molar-refractivity contribution in [3.63, 3.8) is 0 Å². The molecule has 0 saturated heterocycles. The van der Waals surface area contributed by atoms with Gasteiger partial charge in [0.05, 0.1) is 7.11 Å². The molecule has 2 aromatic carbocycles. The van der Waals surface area contributed by atoms with Gasteiger partial charge < -0.3 is 19.5 Å². The monoisotopic (exact) mass is 335 g/mol. The van der Waals surface area contributed by atoms with Crippen molar-refractivity contribution in [1.82, 2.24) is 0 Å². The van der Waals surface area contributed by atoms with Crippen molar-refractivity contribution in [2.45, 2.75) is 19.1 Å². The number of amides is 1. The zero-order valence-corrected chi connectivity index (χ0v) is 12.8. The standard InChI is InChI=1S/C17H15F2NO4/c1-22-13-7-6-11(9-14(13)24-17(18)19)20-16(21)15-8-10-4-2-3-5-12(10)23-15/h2-7,9,15,17H,8H2,1H3,(H,20,21)/t15-/m0/s1. The van der Waals surface area contributed by atoms with Crippen LogP contribution in [0.4, 0.5) is 14.5 Å². The predicted molar refractivity (Wildman–Crippen MR) is 82.8 cm³/mol. The van der Waals surface area contributed by atoms with E-state index in [2.05, 4.69) is 10.1 Å². The van der Waals surface area contributed by atoms with Crippen molar-refractivity contribution in [3.8, 4) is 17.2 Å². The number of para-hydroxylation sites is 1. The Bertz CT molecular complexity index is 726. The highest BCUT2D eigenvalue weighted by atomic mass is 19.3. The highest BCUT2D eigenvalue weighted by molar-refractivity contribution is 5.95. The molecule has 24 heavy (non-hydrogen) atoms. The van der Waals surface area contributed by atoms with Crippen LogP contribution in [0.5, 0.6) is 17.2 Å². The molecule has 7 heteroatoms. The lowest BCUT2D eigenvalue weighted by atomic mass is 10.1. The molecule has 1 aliphatic rings. The fourth-order valence-electron chi connectivity index (χ4n) is 2.49. The summed E-state index contributed by atoms with van der Waals surface area (Å²) in [5.74, 6) is 0.312. The van der Waals surface area contributed by atoms with Gasteiger partial charge in [0.1, 0.15) is 5.75 Å². The summed E-state index contributed by atoms with van der Waals surface area (Å²) < 4.78 is 39.8. The Morgan fingerprint density at radius 3 is 2.75 bits per heavy atom. The van der Waals surface area contributed by atoms with Crippen molar-refractivity contribution in [2.24, 2.45) is 0 Å². The molecule has 0 aromatic heterocycles. The number of hydrogen-bond donors (Lipinski definition) is 1. The lowest BCUT2D eigenvalue weighted by molar-refractivity contribution is -0.122. The van der Waals surface area contributed by atoms with E-state index in [9.17, 15) is 13.6 Å². The van der Waals surface area contributed by atoms with E-state index in [0.29, 0.717) is 17.9 Å². The van der Waals surface area contributed by atoms with Gasteiger partial charge in [-0.15, -0.1) is 0 Å². The average molecular weight is 335 g/mol. The van der Waals surface area contributed by atoms with Crippen LogP contribution in [0.2, 0.25) is 0 Å². The van der Waals surface area contributed by atoms with Crippen LogP contribution in [0.15, 0.2) is 42.5 Å². The Hall–Kier alpha value is -2.83. The number of ether oxygens (including phenoxy) is 3. The molecule has 0 radical (unpaired) electrons. The summed E-state index contributed by atoms with van der Waals surface area (Å²) in [6.07, 6.45) is -0.206. The number of carbonyl (C=O) groups is 1. The molecule has 1 atom stereocenters. The molecule has 3 rings (SSSR count). The highest BCUT2D eigenvalue weighted by Crippen LogP contribution is 2.32. The molecule has 5 nitrogen and oxygen atoms in total. The number of fused-ring (bicyclic) bond motifs is 1. The third kappa shape index (κ3) is 3.40. The largest absolute Gasteiger partial charge is 0.493 e. The fourth-order valence-corrected chi connectivity index (χ4v) is 2.49. The molecule has 0 unspecified atom stereocenters. The molecule has 0 spiro atoms. The first-order chi connectivity index (χ1) is 11.6. The maximum atomic E-state index is 12.4. The first-order valence-electron chi connectivity index (χ1n) is 7.25. The van der Waals surface area contributed by atoms with Crippen molar-refractivity contribution < 1.29 is 27.8 Å². The van der Waals surface area contributed by atoms with E-state index < -0.39 is 12.7 Å². The Kier molecular flexibility index (Phi) is 4.50. The van der Waals surface area contributed by atoms with Crippen molar-refractivity contribution in [2.75, 3.05) is 12.4 Å². The van der Waals surface area contributed by atoms with Gasteiger partial charge in [-0.1, -0.05) is 18.2 Å². The minimum Gasteiger partial charge on any atom is -0.493 e. The number of nitrogens with one attached hydrogen (secondary N) is 1. The average Bonchev–Trinajstić information content (AvgIpc) is 2.99. The van der Waals surface area contributed by atoms with E-state index >= 15 is 0 Å². The van der Waals surface area contributed by atoms with Gasteiger partial charge in [0.15, 0.2) is 17.6 Å². The number of benzene rings is 2. The van der Waals surface area contributed by atoms with Crippen LogP contribution < -0.4 is 19.5 Å². The van der Waals surface area contributed by atoms with Crippen LogP contribution in [0.1, 0.15) is 5.56 Å². The lowest BCUT2D eigenvalue weighted by Crippen LogP contribution is -2.31. The molecule has 0 bridgehead atoms. The molecule has 126 valence electrons. The molecule has 1 heterocycles. The molecule has 1 N–H and O–H groups in total. The smallest absolute Gasteiger partial charge is 0.387 e. The van der Waals surface area contributed by atoms with E-state index in [-0.39, 0.29) is 17.4 Å². The van der Waals surface area contributed by atoms with Gasteiger partial charge in [-0.2, -0.15) is 8.78 Å². The van der Waals surface area contributed by atoms with Gasteiger partial charge in [-0.05, 0) is 23.8 Å². The number of alkyl halides is 2. The van der Waals surface area contributed by atoms with Gasteiger partial charge in [0.25, 0.3) is 5.91 Å². The quantitative estimate of drug-likeness (QED) is 0.911. The van der Waals surface area contributed by atoms with Crippen molar-refractivity contribution in [3.05, 3.63) is 48.0 Å². The number of rotatable bonds is 5. The minimum absolute atomic E-state index is 0.151. The third-order valence-corrected chi connectivity index (χ3v) is 3.59. The molecule has 1 amide bonds. The fraction of sp³-hybridized carbons (Fsp3) is 0.235. The Labute approximate surface area is 137 Å². The number of halogens is 2. The highest BCUT2D eigenvalue weighted by Gasteiger charge is 2.29. The zero-order chi connectivity index (χ0) is 17.1. The summed E-state index contributed by atoms with van der Waals surface area (Å²) in [6, 6.07) is 11.7.